The first-order valence-corrected chi connectivity index (χ1v) is 5.38. The number of para-hydroxylation sites is 1. The van der Waals surface area contributed by atoms with Gasteiger partial charge in [0.05, 0.1) is 6.61 Å². The van der Waals surface area contributed by atoms with Crippen molar-refractivity contribution in [3.05, 3.63) is 29.8 Å². The molecular weight excluding hydrogens is 329 g/mol. The second-order valence-electron chi connectivity index (χ2n) is 3.50. The number of nitrogens with zero attached hydrogens (tertiary/aromatic N) is 1. The molecule has 0 unspecified atom stereocenters. The summed E-state index contributed by atoms with van der Waals surface area (Å²) in [7, 11) is 1.66. The zero-order chi connectivity index (χ0) is 11.8. The molecule has 3 N–H and O–H groups in total. The highest BCUT2D eigenvalue weighted by molar-refractivity contribution is 14.0. The first-order chi connectivity index (χ1) is 7.74. The summed E-state index contributed by atoms with van der Waals surface area (Å²) in [4.78, 5) is 3.80. The molecule has 0 radical (unpaired) electrons. The van der Waals surface area contributed by atoms with Gasteiger partial charge in [-0.3, -0.25) is 4.99 Å². The van der Waals surface area contributed by atoms with E-state index in [9.17, 15) is 0 Å². The van der Waals surface area contributed by atoms with E-state index in [0.717, 1.165) is 24.3 Å². The molecule has 0 saturated carbocycles. The maximum absolute atomic E-state index is 5.63. The molecule has 0 heterocycles. The van der Waals surface area contributed by atoms with Gasteiger partial charge in [0.1, 0.15) is 5.75 Å². The number of hydrogen-bond donors (Lipinski definition) is 2. The molecule has 0 atom stereocenters. The average Bonchev–Trinajstić information content (AvgIpc) is 2.30. The number of guanidine groups is 1. The van der Waals surface area contributed by atoms with Crippen LogP contribution in [-0.2, 0) is 0 Å². The summed E-state index contributed by atoms with van der Waals surface area (Å²) in [6, 6.07) is 7.99. The van der Waals surface area contributed by atoms with Crippen LogP contribution < -0.4 is 15.8 Å². The predicted molar refractivity (Wildman–Crippen MR) is 82.3 cm³/mol. The van der Waals surface area contributed by atoms with Crippen LogP contribution in [0.3, 0.4) is 0 Å². The Kier molecular flexibility index (Phi) is 8.57. The van der Waals surface area contributed by atoms with Crippen molar-refractivity contribution in [2.45, 2.75) is 13.3 Å². The smallest absolute Gasteiger partial charge is 0.188 e. The van der Waals surface area contributed by atoms with Crippen LogP contribution in [0.4, 0.5) is 0 Å². The Morgan fingerprint density at radius 3 is 2.76 bits per heavy atom. The lowest BCUT2D eigenvalue weighted by molar-refractivity contribution is 0.309. The number of hydrogen-bond acceptors (Lipinski definition) is 2. The molecule has 0 bridgehead atoms. The van der Waals surface area contributed by atoms with E-state index in [2.05, 4.69) is 10.3 Å². The van der Waals surface area contributed by atoms with Crippen LogP contribution in [0.2, 0.25) is 0 Å². The Morgan fingerprint density at radius 1 is 1.41 bits per heavy atom. The van der Waals surface area contributed by atoms with Gasteiger partial charge in [0.25, 0.3) is 0 Å². The number of nitrogens with one attached hydrogen (secondary N) is 1. The molecule has 17 heavy (non-hydrogen) atoms. The molecule has 0 aliphatic rings. The van der Waals surface area contributed by atoms with E-state index >= 15 is 0 Å². The second kappa shape index (κ2) is 9.09. The minimum absolute atomic E-state index is 0. The molecule has 0 spiro atoms. The standard InChI is InChI=1S/C12H19N3O.HI/c1-10-6-3-4-7-11(10)16-9-5-8-15-12(13)14-2;/h3-4,6-7H,5,8-9H2,1-2H3,(H3,13,14,15);1H. The quantitative estimate of drug-likeness (QED) is 0.370. The van der Waals surface area contributed by atoms with E-state index in [1.165, 1.54) is 0 Å². The van der Waals surface area contributed by atoms with Crippen LogP contribution in [0.5, 0.6) is 5.75 Å². The number of aliphatic imine (C=N–C) groups is 1. The van der Waals surface area contributed by atoms with Crippen molar-refractivity contribution < 1.29 is 4.74 Å². The van der Waals surface area contributed by atoms with E-state index in [4.69, 9.17) is 10.5 Å². The fourth-order valence-electron chi connectivity index (χ4n) is 1.27. The number of halogens is 1. The van der Waals surface area contributed by atoms with Crippen molar-refractivity contribution in [2.75, 3.05) is 20.2 Å². The zero-order valence-electron chi connectivity index (χ0n) is 10.3. The molecule has 0 saturated heterocycles. The van der Waals surface area contributed by atoms with Crippen molar-refractivity contribution >= 4 is 29.9 Å². The molecule has 0 amide bonds. The third-order valence-corrected chi connectivity index (χ3v) is 2.22. The van der Waals surface area contributed by atoms with E-state index in [-0.39, 0.29) is 24.0 Å². The minimum atomic E-state index is 0. The van der Waals surface area contributed by atoms with Crippen molar-refractivity contribution in [2.24, 2.45) is 10.7 Å². The average molecular weight is 349 g/mol. The van der Waals surface area contributed by atoms with Crippen LogP contribution in [-0.4, -0.2) is 26.2 Å². The largest absolute Gasteiger partial charge is 0.493 e. The molecule has 0 aromatic heterocycles. The highest BCUT2D eigenvalue weighted by Crippen LogP contribution is 2.15. The van der Waals surface area contributed by atoms with Gasteiger partial charge in [0.2, 0.25) is 0 Å². The molecule has 1 rings (SSSR count). The summed E-state index contributed by atoms with van der Waals surface area (Å²) in [5, 5.41) is 2.98. The molecule has 1 aromatic rings. The van der Waals surface area contributed by atoms with Gasteiger partial charge >= 0.3 is 0 Å². The van der Waals surface area contributed by atoms with Crippen LogP contribution in [0, 0.1) is 6.92 Å². The summed E-state index contributed by atoms with van der Waals surface area (Å²) < 4.78 is 5.63. The first kappa shape index (κ1) is 16.0. The number of nitrogens with two attached hydrogens (primary N) is 1. The molecular formula is C12H20IN3O. The summed E-state index contributed by atoms with van der Waals surface area (Å²) in [5.41, 5.74) is 6.65. The highest BCUT2D eigenvalue weighted by atomic mass is 127. The molecule has 4 nitrogen and oxygen atoms in total. The lowest BCUT2D eigenvalue weighted by Crippen LogP contribution is -2.32. The molecule has 0 aliphatic heterocycles. The third-order valence-electron chi connectivity index (χ3n) is 2.22. The summed E-state index contributed by atoms with van der Waals surface area (Å²) in [6.07, 6.45) is 0.893. The Morgan fingerprint density at radius 2 is 2.12 bits per heavy atom. The number of ether oxygens (including phenoxy) is 1. The fourth-order valence-corrected chi connectivity index (χ4v) is 1.27. The van der Waals surface area contributed by atoms with Gasteiger partial charge in [-0.25, -0.2) is 0 Å². The summed E-state index contributed by atoms with van der Waals surface area (Å²) >= 11 is 0. The van der Waals surface area contributed by atoms with Crippen LogP contribution in [0.15, 0.2) is 29.3 Å². The van der Waals surface area contributed by atoms with E-state index < -0.39 is 0 Å². The first-order valence-electron chi connectivity index (χ1n) is 5.38. The van der Waals surface area contributed by atoms with Gasteiger partial charge in [-0.1, -0.05) is 18.2 Å². The molecule has 0 fully saturated rings. The van der Waals surface area contributed by atoms with E-state index in [0.29, 0.717) is 12.6 Å². The van der Waals surface area contributed by atoms with Crippen molar-refractivity contribution in [1.29, 1.82) is 0 Å². The topological polar surface area (TPSA) is 59.6 Å². The Hall–Kier alpha value is -0.980. The Balaban J connectivity index is 0.00000256. The zero-order valence-corrected chi connectivity index (χ0v) is 12.6. The highest BCUT2D eigenvalue weighted by Gasteiger charge is 1.97. The van der Waals surface area contributed by atoms with Gasteiger partial charge in [0, 0.05) is 13.6 Å². The number of benzene rings is 1. The fraction of sp³-hybridized carbons (Fsp3) is 0.417. The van der Waals surface area contributed by atoms with Crippen LogP contribution in [0.1, 0.15) is 12.0 Å². The van der Waals surface area contributed by atoms with Crippen LogP contribution >= 0.6 is 24.0 Å². The molecule has 96 valence electrons. The van der Waals surface area contributed by atoms with Crippen molar-refractivity contribution in [3.63, 3.8) is 0 Å². The minimum Gasteiger partial charge on any atom is -0.493 e. The second-order valence-corrected chi connectivity index (χ2v) is 3.50. The van der Waals surface area contributed by atoms with Crippen molar-refractivity contribution in [1.82, 2.24) is 5.32 Å². The van der Waals surface area contributed by atoms with Gasteiger partial charge in [-0.15, -0.1) is 24.0 Å². The van der Waals surface area contributed by atoms with Gasteiger partial charge < -0.3 is 15.8 Å². The molecule has 1 aromatic carbocycles. The summed E-state index contributed by atoms with van der Waals surface area (Å²) in [5.74, 6) is 1.41. The van der Waals surface area contributed by atoms with Gasteiger partial charge in [-0.05, 0) is 25.0 Å². The van der Waals surface area contributed by atoms with Gasteiger partial charge in [-0.2, -0.15) is 0 Å². The van der Waals surface area contributed by atoms with E-state index in [1.807, 2.05) is 31.2 Å². The third kappa shape index (κ3) is 6.35. The van der Waals surface area contributed by atoms with Crippen LogP contribution in [0.25, 0.3) is 0 Å². The maximum Gasteiger partial charge on any atom is 0.188 e. The normalized spacial score (nSPS) is 10.6. The van der Waals surface area contributed by atoms with Crippen molar-refractivity contribution in [3.8, 4) is 5.75 Å². The number of aryl methyl sites for hydroxylation is 1. The number of rotatable bonds is 5. The Labute approximate surface area is 120 Å². The molecule has 5 heteroatoms. The monoisotopic (exact) mass is 349 g/mol. The van der Waals surface area contributed by atoms with E-state index in [1.54, 1.807) is 7.05 Å². The molecule has 0 aliphatic carbocycles. The SMILES string of the molecule is CN=C(N)NCCCOc1ccccc1C.I. The predicted octanol–water partition coefficient (Wildman–Crippen LogP) is 1.92. The lowest BCUT2D eigenvalue weighted by atomic mass is 10.2. The van der Waals surface area contributed by atoms with Gasteiger partial charge in [0.15, 0.2) is 5.96 Å². The summed E-state index contributed by atoms with van der Waals surface area (Å²) in [6.45, 7) is 3.49. The maximum atomic E-state index is 5.63. The lowest BCUT2D eigenvalue weighted by Gasteiger charge is -2.09. The Bertz CT molecular complexity index is 355.